The third-order valence-corrected chi connectivity index (χ3v) is 3.60. The first-order valence-corrected chi connectivity index (χ1v) is 7.96. The zero-order valence-electron chi connectivity index (χ0n) is 13.2. The van der Waals surface area contributed by atoms with Crippen molar-refractivity contribution in [2.24, 2.45) is 5.73 Å². The lowest BCUT2D eigenvalue weighted by Gasteiger charge is -2.18. The van der Waals surface area contributed by atoms with Crippen LogP contribution in [0.5, 0.6) is 0 Å². The Balaban J connectivity index is 2.25. The molecule has 0 aliphatic rings. The fraction of sp³-hybridized carbons (Fsp3) is 0.588. The van der Waals surface area contributed by atoms with E-state index in [1.54, 1.807) is 12.1 Å². The van der Waals surface area contributed by atoms with Crippen molar-refractivity contribution in [2.75, 3.05) is 6.54 Å². The molecular formula is C17H27FN2O2. The molecule has 22 heavy (non-hydrogen) atoms. The van der Waals surface area contributed by atoms with Crippen LogP contribution in [0.4, 0.5) is 4.39 Å². The number of rotatable bonds is 10. The summed E-state index contributed by atoms with van der Waals surface area (Å²) in [5.74, 6) is -0.321. The molecule has 2 unspecified atom stereocenters. The molecule has 0 aliphatic heterocycles. The predicted octanol–water partition coefficient (Wildman–Crippen LogP) is 2.66. The molecule has 0 heterocycles. The molecule has 4 N–H and O–H groups in total. The minimum absolute atomic E-state index is 0.00607. The Morgan fingerprint density at radius 2 is 1.86 bits per heavy atom. The van der Waals surface area contributed by atoms with Gasteiger partial charge in [-0.05, 0) is 50.4 Å². The van der Waals surface area contributed by atoms with E-state index in [0.29, 0.717) is 24.9 Å². The highest BCUT2D eigenvalue weighted by Gasteiger charge is 2.14. The normalized spacial score (nSPS) is 13.6. The second-order valence-electron chi connectivity index (χ2n) is 5.72. The van der Waals surface area contributed by atoms with Gasteiger partial charge in [-0.3, -0.25) is 4.79 Å². The van der Waals surface area contributed by atoms with Crippen LogP contribution in [0.3, 0.4) is 0 Å². The minimum atomic E-state index is -0.708. The van der Waals surface area contributed by atoms with Crippen molar-refractivity contribution in [3.8, 4) is 0 Å². The maximum absolute atomic E-state index is 12.8. The molecule has 2 atom stereocenters. The fourth-order valence-corrected chi connectivity index (χ4v) is 2.35. The van der Waals surface area contributed by atoms with Crippen LogP contribution < -0.4 is 11.1 Å². The third-order valence-electron chi connectivity index (χ3n) is 3.60. The van der Waals surface area contributed by atoms with Gasteiger partial charge >= 0.3 is 0 Å². The van der Waals surface area contributed by atoms with Gasteiger partial charge < -0.3 is 16.2 Å². The molecule has 0 aliphatic carbocycles. The van der Waals surface area contributed by atoms with Crippen molar-refractivity contribution in [3.63, 3.8) is 0 Å². The van der Waals surface area contributed by atoms with Crippen LogP contribution in [-0.2, 0) is 4.79 Å². The van der Waals surface area contributed by atoms with E-state index in [-0.39, 0.29) is 17.8 Å². The maximum atomic E-state index is 12.8. The Labute approximate surface area is 131 Å². The summed E-state index contributed by atoms with van der Waals surface area (Å²) >= 11 is 0. The summed E-state index contributed by atoms with van der Waals surface area (Å²) < 4.78 is 12.8. The van der Waals surface area contributed by atoms with E-state index in [1.165, 1.54) is 12.1 Å². The maximum Gasteiger partial charge on any atom is 0.220 e. The number of unbranched alkanes of at least 4 members (excludes halogenated alkanes) is 3. The number of aliphatic hydroxyl groups is 1. The largest absolute Gasteiger partial charge is 0.388 e. The van der Waals surface area contributed by atoms with E-state index in [0.717, 1.165) is 25.7 Å². The van der Waals surface area contributed by atoms with Crippen LogP contribution >= 0.6 is 0 Å². The fourth-order valence-electron chi connectivity index (χ4n) is 2.35. The molecule has 0 spiro atoms. The lowest BCUT2D eigenvalue weighted by molar-refractivity contribution is -0.122. The molecule has 1 amide bonds. The molecule has 1 aromatic carbocycles. The Bertz CT molecular complexity index is 437. The first-order chi connectivity index (χ1) is 10.5. The van der Waals surface area contributed by atoms with Crippen molar-refractivity contribution < 1.29 is 14.3 Å². The van der Waals surface area contributed by atoms with Crippen LogP contribution in [0.1, 0.15) is 57.1 Å². The van der Waals surface area contributed by atoms with Gasteiger partial charge in [0.1, 0.15) is 5.82 Å². The molecule has 0 saturated heterocycles. The van der Waals surface area contributed by atoms with Gasteiger partial charge in [0, 0.05) is 12.5 Å². The van der Waals surface area contributed by atoms with Crippen LogP contribution in [0.2, 0.25) is 0 Å². The number of hydrogen-bond acceptors (Lipinski definition) is 3. The summed E-state index contributed by atoms with van der Waals surface area (Å²) in [5.41, 5.74) is 6.07. The van der Waals surface area contributed by atoms with E-state index in [2.05, 4.69) is 5.32 Å². The number of carbonyl (C=O) groups is 1. The van der Waals surface area contributed by atoms with E-state index in [9.17, 15) is 14.3 Å². The summed E-state index contributed by atoms with van der Waals surface area (Å²) in [6.45, 7) is 2.56. The van der Waals surface area contributed by atoms with Crippen molar-refractivity contribution in [1.29, 1.82) is 0 Å². The van der Waals surface area contributed by atoms with Gasteiger partial charge in [0.05, 0.1) is 6.10 Å². The molecule has 0 bridgehead atoms. The van der Waals surface area contributed by atoms with Crippen LogP contribution in [0.15, 0.2) is 24.3 Å². The molecule has 4 nitrogen and oxygen atoms in total. The molecule has 0 saturated carbocycles. The standard InChI is InChI=1S/C17H27FN2O2/c1-13(20-17(22)6-4-2-3-5-11-19)12-16(21)14-7-9-15(18)10-8-14/h7-10,13,16,21H,2-6,11-12,19H2,1H3,(H,20,22). The molecule has 0 aromatic heterocycles. The average molecular weight is 310 g/mol. The smallest absolute Gasteiger partial charge is 0.220 e. The predicted molar refractivity (Wildman–Crippen MR) is 85.7 cm³/mol. The average Bonchev–Trinajstić information content (AvgIpc) is 2.47. The Morgan fingerprint density at radius 1 is 1.23 bits per heavy atom. The van der Waals surface area contributed by atoms with Crippen molar-refractivity contribution >= 4 is 5.91 Å². The van der Waals surface area contributed by atoms with Crippen molar-refractivity contribution in [1.82, 2.24) is 5.32 Å². The highest BCUT2D eigenvalue weighted by Crippen LogP contribution is 2.18. The molecule has 0 fully saturated rings. The summed E-state index contributed by atoms with van der Waals surface area (Å²) in [6, 6.07) is 5.64. The van der Waals surface area contributed by atoms with Gasteiger partial charge in [0.15, 0.2) is 0 Å². The van der Waals surface area contributed by atoms with Gasteiger partial charge in [-0.2, -0.15) is 0 Å². The number of hydrogen-bond donors (Lipinski definition) is 3. The van der Waals surface area contributed by atoms with E-state index in [1.807, 2.05) is 6.92 Å². The summed E-state index contributed by atoms with van der Waals surface area (Å²) in [7, 11) is 0. The number of benzene rings is 1. The van der Waals surface area contributed by atoms with Gasteiger partial charge in [0.25, 0.3) is 0 Å². The van der Waals surface area contributed by atoms with E-state index >= 15 is 0 Å². The second-order valence-corrected chi connectivity index (χ2v) is 5.72. The summed E-state index contributed by atoms with van der Waals surface area (Å²) in [4.78, 5) is 11.8. The van der Waals surface area contributed by atoms with Crippen LogP contribution in [0, 0.1) is 5.82 Å². The minimum Gasteiger partial charge on any atom is -0.388 e. The number of amides is 1. The highest BCUT2D eigenvalue weighted by atomic mass is 19.1. The molecule has 0 radical (unpaired) electrons. The zero-order chi connectivity index (χ0) is 16.4. The molecular weight excluding hydrogens is 283 g/mol. The SMILES string of the molecule is CC(CC(O)c1ccc(F)cc1)NC(=O)CCCCCCN. The number of nitrogens with two attached hydrogens (primary N) is 1. The number of nitrogens with one attached hydrogen (secondary N) is 1. The molecule has 124 valence electrons. The quantitative estimate of drug-likeness (QED) is 0.582. The van der Waals surface area contributed by atoms with Gasteiger partial charge in [-0.1, -0.05) is 25.0 Å². The monoisotopic (exact) mass is 310 g/mol. The Kier molecular flexibility index (Phi) is 8.70. The zero-order valence-corrected chi connectivity index (χ0v) is 13.2. The van der Waals surface area contributed by atoms with Crippen LogP contribution in [0.25, 0.3) is 0 Å². The van der Waals surface area contributed by atoms with Gasteiger partial charge in [-0.15, -0.1) is 0 Å². The molecule has 1 rings (SSSR count). The van der Waals surface area contributed by atoms with E-state index < -0.39 is 6.10 Å². The first kappa shape index (κ1) is 18.6. The number of carbonyl (C=O) groups excluding carboxylic acids is 1. The van der Waals surface area contributed by atoms with Gasteiger partial charge in [-0.25, -0.2) is 4.39 Å². The third kappa shape index (κ3) is 7.52. The Hall–Kier alpha value is -1.46. The van der Waals surface area contributed by atoms with Crippen LogP contribution in [-0.4, -0.2) is 23.6 Å². The lowest BCUT2D eigenvalue weighted by atomic mass is 10.0. The highest BCUT2D eigenvalue weighted by molar-refractivity contribution is 5.76. The first-order valence-electron chi connectivity index (χ1n) is 7.96. The topological polar surface area (TPSA) is 75.3 Å². The molecule has 5 heteroatoms. The van der Waals surface area contributed by atoms with Gasteiger partial charge in [0.2, 0.25) is 5.91 Å². The number of halogens is 1. The van der Waals surface area contributed by atoms with Crippen molar-refractivity contribution in [2.45, 2.75) is 57.6 Å². The summed E-state index contributed by atoms with van der Waals surface area (Å²) in [5, 5.41) is 13.0. The lowest BCUT2D eigenvalue weighted by Crippen LogP contribution is -2.33. The molecule has 1 aromatic rings. The van der Waals surface area contributed by atoms with Crippen molar-refractivity contribution in [3.05, 3.63) is 35.6 Å². The van der Waals surface area contributed by atoms with E-state index in [4.69, 9.17) is 5.73 Å². The summed E-state index contributed by atoms with van der Waals surface area (Å²) in [6.07, 6.45) is 4.13. The number of aliphatic hydroxyl groups excluding tert-OH is 1. The Morgan fingerprint density at radius 3 is 2.50 bits per heavy atom. The second kappa shape index (κ2) is 10.3.